The normalized spacial score (nSPS) is 13.0. The Morgan fingerprint density at radius 2 is 1.27 bits per heavy atom. The molecule has 0 radical (unpaired) electrons. The Kier molecular flexibility index (Phi) is 12.0. The topological polar surface area (TPSA) is 20.2 Å². The van der Waals surface area contributed by atoms with Crippen molar-refractivity contribution in [1.29, 1.82) is 0 Å². The van der Waals surface area contributed by atoms with Crippen LogP contribution in [0.3, 0.4) is 0 Å². The van der Waals surface area contributed by atoms with Gasteiger partial charge in [0.15, 0.2) is 0 Å². The van der Waals surface area contributed by atoms with Gasteiger partial charge >= 0.3 is 0 Å². The highest BCUT2D eigenvalue weighted by Crippen LogP contribution is 2.14. The van der Waals surface area contributed by atoms with Crippen molar-refractivity contribution in [2.45, 2.75) is 78.1 Å². The fourth-order valence-electron chi connectivity index (χ4n) is 1.87. The van der Waals surface area contributed by atoms with Gasteiger partial charge in [-0.25, -0.2) is 0 Å². The van der Waals surface area contributed by atoms with E-state index in [0.717, 1.165) is 12.3 Å². The lowest BCUT2D eigenvalue weighted by Crippen LogP contribution is -1.91. The number of aliphatic hydroxyl groups excluding tert-OH is 1. The van der Waals surface area contributed by atoms with Crippen LogP contribution in [-0.2, 0) is 0 Å². The third-order valence-electron chi connectivity index (χ3n) is 3.30. The third kappa shape index (κ3) is 11.9. The van der Waals surface area contributed by atoms with Crippen LogP contribution in [0.25, 0.3) is 0 Å². The van der Waals surface area contributed by atoms with Crippen molar-refractivity contribution in [1.82, 2.24) is 0 Å². The van der Waals surface area contributed by atoms with Gasteiger partial charge in [-0.2, -0.15) is 0 Å². The summed E-state index contributed by atoms with van der Waals surface area (Å²) in [6.07, 6.45) is 13.3. The molecule has 1 atom stereocenters. The number of hydrogen-bond acceptors (Lipinski definition) is 1. The van der Waals surface area contributed by atoms with E-state index in [4.69, 9.17) is 5.11 Å². The molecule has 0 aliphatic rings. The van der Waals surface area contributed by atoms with Gasteiger partial charge in [-0.05, 0) is 12.3 Å². The average Bonchev–Trinajstić information content (AvgIpc) is 2.26. The van der Waals surface area contributed by atoms with Crippen molar-refractivity contribution in [3.8, 4) is 0 Å². The zero-order chi connectivity index (χ0) is 11.4. The molecule has 0 saturated heterocycles. The van der Waals surface area contributed by atoms with Crippen LogP contribution in [-0.4, -0.2) is 11.7 Å². The first-order valence-electron chi connectivity index (χ1n) is 6.92. The summed E-state index contributed by atoms with van der Waals surface area (Å²) in [5.41, 5.74) is 0. The van der Waals surface area contributed by atoms with Crippen molar-refractivity contribution < 1.29 is 5.11 Å². The van der Waals surface area contributed by atoms with E-state index in [1.807, 2.05) is 0 Å². The molecule has 0 aromatic heterocycles. The van der Waals surface area contributed by atoms with E-state index in [1.54, 1.807) is 0 Å². The van der Waals surface area contributed by atoms with E-state index in [9.17, 15) is 0 Å². The molecule has 92 valence electrons. The molecule has 0 unspecified atom stereocenters. The largest absolute Gasteiger partial charge is 0.396 e. The van der Waals surface area contributed by atoms with Crippen LogP contribution in [0.4, 0.5) is 0 Å². The van der Waals surface area contributed by atoms with Crippen LogP contribution in [0.1, 0.15) is 78.1 Å². The number of aliphatic hydroxyl groups is 1. The summed E-state index contributed by atoms with van der Waals surface area (Å²) >= 11 is 0. The molecule has 0 aromatic rings. The Hall–Kier alpha value is -0.0400. The van der Waals surface area contributed by atoms with E-state index in [0.29, 0.717) is 6.61 Å². The molecule has 0 rings (SSSR count). The smallest absolute Gasteiger partial charge is 0.0431 e. The van der Waals surface area contributed by atoms with Crippen LogP contribution in [0, 0.1) is 5.92 Å². The maximum absolute atomic E-state index is 8.61. The SMILES string of the molecule is CC[C@H](C)CCCCCCCCCCO. The first-order chi connectivity index (χ1) is 7.31. The van der Waals surface area contributed by atoms with Crippen molar-refractivity contribution >= 4 is 0 Å². The highest BCUT2D eigenvalue weighted by Gasteiger charge is 1.97. The average molecular weight is 214 g/mol. The lowest BCUT2D eigenvalue weighted by molar-refractivity contribution is 0.282. The monoisotopic (exact) mass is 214 g/mol. The fraction of sp³-hybridized carbons (Fsp3) is 1.00. The van der Waals surface area contributed by atoms with Gasteiger partial charge in [-0.1, -0.05) is 71.6 Å². The van der Waals surface area contributed by atoms with E-state index >= 15 is 0 Å². The quantitative estimate of drug-likeness (QED) is 0.501. The van der Waals surface area contributed by atoms with Crippen LogP contribution in [0.5, 0.6) is 0 Å². The van der Waals surface area contributed by atoms with Crippen LogP contribution >= 0.6 is 0 Å². The van der Waals surface area contributed by atoms with Gasteiger partial charge in [0.1, 0.15) is 0 Å². The molecule has 0 saturated carbocycles. The fourth-order valence-corrected chi connectivity index (χ4v) is 1.87. The molecule has 1 nitrogen and oxygen atoms in total. The molecule has 0 fully saturated rings. The Morgan fingerprint density at radius 1 is 0.800 bits per heavy atom. The number of unbranched alkanes of at least 4 members (excludes halogenated alkanes) is 7. The minimum atomic E-state index is 0.370. The van der Waals surface area contributed by atoms with Crippen molar-refractivity contribution in [2.75, 3.05) is 6.61 Å². The van der Waals surface area contributed by atoms with Gasteiger partial charge in [0.05, 0.1) is 0 Å². The maximum atomic E-state index is 8.61. The molecule has 0 heterocycles. The summed E-state index contributed by atoms with van der Waals surface area (Å²) in [7, 11) is 0. The number of hydrogen-bond donors (Lipinski definition) is 1. The maximum Gasteiger partial charge on any atom is 0.0431 e. The summed E-state index contributed by atoms with van der Waals surface area (Å²) in [6, 6.07) is 0. The highest BCUT2D eigenvalue weighted by molar-refractivity contribution is 4.51. The second-order valence-electron chi connectivity index (χ2n) is 4.85. The van der Waals surface area contributed by atoms with Crippen molar-refractivity contribution in [3.05, 3.63) is 0 Å². The Balaban J connectivity index is 2.92. The van der Waals surface area contributed by atoms with Crippen molar-refractivity contribution in [3.63, 3.8) is 0 Å². The second kappa shape index (κ2) is 12.0. The zero-order valence-electron chi connectivity index (χ0n) is 10.8. The first kappa shape index (κ1) is 15.0. The van der Waals surface area contributed by atoms with Crippen LogP contribution in [0.15, 0.2) is 0 Å². The highest BCUT2D eigenvalue weighted by atomic mass is 16.2. The molecule has 1 N–H and O–H groups in total. The lowest BCUT2D eigenvalue weighted by atomic mass is 10.00. The molecule has 0 bridgehead atoms. The lowest BCUT2D eigenvalue weighted by Gasteiger charge is -2.07. The summed E-state index contributed by atoms with van der Waals surface area (Å²) in [5.74, 6) is 0.926. The first-order valence-corrected chi connectivity index (χ1v) is 6.92. The standard InChI is InChI=1S/C14H30O/c1-3-14(2)12-10-8-6-4-5-7-9-11-13-15/h14-15H,3-13H2,1-2H3/t14-/m0/s1. The second-order valence-corrected chi connectivity index (χ2v) is 4.85. The predicted octanol–water partition coefficient (Wildman–Crippen LogP) is 4.54. The molecule has 0 aliphatic heterocycles. The van der Waals surface area contributed by atoms with Gasteiger partial charge in [-0.3, -0.25) is 0 Å². The summed E-state index contributed by atoms with van der Waals surface area (Å²) in [4.78, 5) is 0. The van der Waals surface area contributed by atoms with Gasteiger partial charge in [-0.15, -0.1) is 0 Å². The number of rotatable bonds is 11. The molecular weight excluding hydrogens is 184 g/mol. The van der Waals surface area contributed by atoms with E-state index in [2.05, 4.69) is 13.8 Å². The van der Waals surface area contributed by atoms with Crippen LogP contribution in [0.2, 0.25) is 0 Å². The van der Waals surface area contributed by atoms with E-state index in [1.165, 1.54) is 57.8 Å². The summed E-state index contributed by atoms with van der Waals surface area (Å²) in [6.45, 7) is 5.01. The molecular formula is C14H30O. The third-order valence-corrected chi connectivity index (χ3v) is 3.30. The van der Waals surface area contributed by atoms with Gasteiger partial charge < -0.3 is 5.11 Å². The molecule has 0 amide bonds. The van der Waals surface area contributed by atoms with Gasteiger partial charge in [0.2, 0.25) is 0 Å². The summed E-state index contributed by atoms with van der Waals surface area (Å²) < 4.78 is 0. The molecule has 0 aromatic carbocycles. The predicted molar refractivity (Wildman–Crippen MR) is 68.1 cm³/mol. The zero-order valence-corrected chi connectivity index (χ0v) is 10.8. The summed E-state index contributed by atoms with van der Waals surface area (Å²) in [5, 5.41) is 8.61. The minimum absolute atomic E-state index is 0.370. The molecule has 0 spiro atoms. The Labute approximate surface area is 96.3 Å². The molecule has 15 heavy (non-hydrogen) atoms. The van der Waals surface area contributed by atoms with E-state index in [-0.39, 0.29) is 0 Å². The Morgan fingerprint density at radius 3 is 1.73 bits per heavy atom. The molecule has 0 aliphatic carbocycles. The van der Waals surface area contributed by atoms with Crippen LogP contribution < -0.4 is 0 Å². The minimum Gasteiger partial charge on any atom is -0.396 e. The van der Waals surface area contributed by atoms with E-state index < -0.39 is 0 Å². The van der Waals surface area contributed by atoms with Crippen molar-refractivity contribution in [2.24, 2.45) is 5.92 Å². The van der Waals surface area contributed by atoms with Gasteiger partial charge in [0.25, 0.3) is 0 Å². The van der Waals surface area contributed by atoms with Gasteiger partial charge in [0, 0.05) is 6.61 Å². The molecule has 1 heteroatoms. The Bertz CT molecular complexity index is 112.